The van der Waals surface area contributed by atoms with E-state index in [0.29, 0.717) is 11.8 Å². The summed E-state index contributed by atoms with van der Waals surface area (Å²) in [6.45, 7) is 2.78. The number of carbonyl (C=O) groups is 1. The molecule has 0 bridgehead atoms. The molecule has 20 heavy (non-hydrogen) atoms. The molecule has 0 saturated heterocycles. The average molecular weight is 297 g/mol. The van der Waals surface area contributed by atoms with Crippen LogP contribution >= 0.6 is 11.3 Å². The number of ether oxygens (including phenoxy) is 2. The SMILES string of the molecule is COCCC1(CNCc2ccc(CC(=O)OC)s2)CC1. The van der Waals surface area contributed by atoms with Crippen LogP contribution in [0, 0.1) is 5.41 Å². The van der Waals surface area contributed by atoms with E-state index in [9.17, 15) is 4.79 Å². The number of methoxy groups -OCH3 is 2. The lowest BCUT2D eigenvalue weighted by atomic mass is 10.0. The Kier molecular flexibility index (Phi) is 5.57. The van der Waals surface area contributed by atoms with Crippen molar-refractivity contribution >= 4 is 17.3 Å². The maximum Gasteiger partial charge on any atom is 0.310 e. The van der Waals surface area contributed by atoms with Gasteiger partial charge in [-0.2, -0.15) is 0 Å². The van der Waals surface area contributed by atoms with Crippen LogP contribution in [0.25, 0.3) is 0 Å². The minimum Gasteiger partial charge on any atom is -0.469 e. The zero-order chi connectivity index (χ0) is 14.4. The van der Waals surface area contributed by atoms with Gasteiger partial charge in [0.1, 0.15) is 0 Å². The molecular formula is C15H23NO3S. The van der Waals surface area contributed by atoms with Gasteiger partial charge >= 0.3 is 5.97 Å². The predicted molar refractivity (Wildman–Crippen MR) is 79.9 cm³/mol. The van der Waals surface area contributed by atoms with Gasteiger partial charge in [-0.15, -0.1) is 11.3 Å². The van der Waals surface area contributed by atoms with E-state index in [1.54, 1.807) is 18.4 Å². The molecule has 0 aliphatic heterocycles. The van der Waals surface area contributed by atoms with Gasteiger partial charge in [-0.25, -0.2) is 0 Å². The molecule has 0 spiro atoms. The van der Waals surface area contributed by atoms with Crippen molar-refractivity contribution < 1.29 is 14.3 Å². The Labute approximate surface area is 124 Å². The first-order valence-electron chi connectivity index (χ1n) is 7.01. The number of hydrogen-bond donors (Lipinski definition) is 1. The van der Waals surface area contributed by atoms with Crippen LogP contribution in [-0.2, 0) is 27.2 Å². The number of thiophene rings is 1. The molecular weight excluding hydrogens is 274 g/mol. The molecule has 0 amide bonds. The van der Waals surface area contributed by atoms with Gasteiger partial charge in [-0.05, 0) is 36.8 Å². The zero-order valence-corrected chi connectivity index (χ0v) is 13.1. The molecule has 1 aliphatic carbocycles. The van der Waals surface area contributed by atoms with E-state index in [4.69, 9.17) is 4.74 Å². The van der Waals surface area contributed by atoms with Crippen molar-refractivity contribution in [3.63, 3.8) is 0 Å². The van der Waals surface area contributed by atoms with Crippen LogP contribution in [0.2, 0.25) is 0 Å². The van der Waals surface area contributed by atoms with Gasteiger partial charge < -0.3 is 14.8 Å². The fourth-order valence-corrected chi connectivity index (χ4v) is 3.26. The number of carbonyl (C=O) groups excluding carboxylic acids is 1. The summed E-state index contributed by atoms with van der Waals surface area (Å²) in [5, 5.41) is 3.53. The second kappa shape index (κ2) is 7.20. The summed E-state index contributed by atoms with van der Waals surface area (Å²) in [5.74, 6) is -0.178. The molecule has 1 N–H and O–H groups in total. The van der Waals surface area contributed by atoms with Gasteiger partial charge in [0.2, 0.25) is 0 Å². The molecule has 0 aromatic carbocycles. The first kappa shape index (κ1) is 15.5. The number of nitrogens with one attached hydrogen (secondary N) is 1. The van der Waals surface area contributed by atoms with Gasteiger partial charge in [-0.1, -0.05) is 0 Å². The summed E-state index contributed by atoms with van der Waals surface area (Å²) in [7, 11) is 3.19. The second-order valence-corrected chi connectivity index (χ2v) is 6.72. The molecule has 1 aliphatic rings. The third-order valence-electron chi connectivity index (χ3n) is 3.86. The van der Waals surface area contributed by atoms with E-state index in [1.807, 2.05) is 6.07 Å². The Morgan fingerprint density at radius 2 is 2.10 bits per heavy atom. The monoisotopic (exact) mass is 297 g/mol. The first-order valence-corrected chi connectivity index (χ1v) is 7.83. The van der Waals surface area contributed by atoms with E-state index in [-0.39, 0.29) is 5.97 Å². The van der Waals surface area contributed by atoms with E-state index in [0.717, 1.165) is 31.0 Å². The standard InChI is InChI=1S/C15H23NO3S/c1-18-8-7-15(5-6-15)11-16-10-13-4-3-12(20-13)9-14(17)19-2/h3-4,16H,5-11H2,1-2H3. The van der Waals surface area contributed by atoms with Crippen LogP contribution in [0.4, 0.5) is 0 Å². The summed E-state index contributed by atoms with van der Waals surface area (Å²) in [4.78, 5) is 13.5. The second-order valence-electron chi connectivity index (χ2n) is 5.47. The first-order chi connectivity index (χ1) is 9.67. The molecule has 1 saturated carbocycles. The van der Waals surface area contributed by atoms with Crippen LogP contribution in [-0.4, -0.2) is 33.3 Å². The van der Waals surface area contributed by atoms with E-state index in [2.05, 4.69) is 16.1 Å². The highest BCUT2D eigenvalue weighted by atomic mass is 32.1. The molecule has 1 heterocycles. The predicted octanol–water partition coefficient (Wildman–Crippen LogP) is 2.37. The van der Waals surface area contributed by atoms with Crippen LogP contribution in [0.5, 0.6) is 0 Å². The minimum atomic E-state index is -0.178. The average Bonchev–Trinajstić information content (AvgIpc) is 3.08. The number of esters is 1. The molecule has 0 atom stereocenters. The minimum absolute atomic E-state index is 0.178. The molecule has 112 valence electrons. The van der Waals surface area contributed by atoms with Crippen molar-refractivity contribution in [2.24, 2.45) is 5.41 Å². The largest absolute Gasteiger partial charge is 0.469 e. The van der Waals surface area contributed by atoms with E-state index >= 15 is 0 Å². The highest BCUT2D eigenvalue weighted by Gasteiger charge is 2.41. The van der Waals surface area contributed by atoms with Gasteiger partial charge in [0.25, 0.3) is 0 Å². The fourth-order valence-electron chi connectivity index (χ4n) is 2.29. The van der Waals surface area contributed by atoms with Crippen LogP contribution in [0.15, 0.2) is 12.1 Å². The quantitative estimate of drug-likeness (QED) is 0.711. The molecule has 1 aromatic heterocycles. The lowest BCUT2D eigenvalue weighted by Crippen LogP contribution is -2.24. The zero-order valence-electron chi connectivity index (χ0n) is 12.2. The maximum absolute atomic E-state index is 11.2. The van der Waals surface area contributed by atoms with E-state index < -0.39 is 0 Å². The maximum atomic E-state index is 11.2. The van der Waals surface area contributed by atoms with Crippen molar-refractivity contribution in [1.82, 2.24) is 5.32 Å². The Morgan fingerprint density at radius 3 is 2.75 bits per heavy atom. The van der Waals surface area contributed by atoms with Crippen LogP contribution < -0.4 is 5.32 Å². The molecule has 4 nitrogen and oxygen atoms in total. The Bertz CT molecular complexity index is 440. The smallest absolute Gasteiger partial charge is 0.310 e. The summed E-state index contributed by atoms with van der Waals surface area (Å²) in [6.07, 6.45) is 4.14. The van der Waals surface area contributed by atoms with Crippen molar-refractivity contribution in [2.75, 3.05) is 27.4 Å². The van der Waals surface area contributed by atoms with Crippen molar-refractivity contribution in [3.05, 3.63) is 21.9 Å². The van der Waals surface area contributed by atoms with Crippen LogP contribution in [0.1, 0.15) is 29.0 Å². The molecule has 1 aromatic rings. The van der Waals surface area contributed by atoms with Gasteiger partial charge in [-0.3, -0.25) is 4.79 Å². The third kappa shape index (κ3) is 4.58. The summed E-state index contributed by atoms with van der Waals surface area (Å²) < 4.78 is 9.84. The Balaban J connectivity index is 1.70. The molecule has 1 fully saturated rings. The van der Waals surface area contributed by atoms with Crippen molar-refractivity contribution in [1.29, 1.82) is 0 Å². The Hall–Kier alpha value is -0.910. The lowest BCUT2D eigenvalue weighted by molar-refractivity contribution is -0.139. The van der Waals surface area contributed by atoms with E-state index in [1.165, 1.54) is 24.8 Å². The summed E-state index contributed by atoms with van der Waals surface area (Å²) in [6, 6.07) is 4.10. The normalized spacial score (nSPS) is 16.1. The van der Waals surface area contributed by atoms with Crippen molar-refractivity contribution in [3.8, 4) is 0 Å². The topological polar surface area (TPSA) is 47.6 Å². The van der Waals surface area contributed by atoms with Gasteiger partial charge in [0.15, 0.2) is 0 Å². The van der Waals surface area contributed by atoms with Crippen molar-refractivity contribution in [2.45, 2.75) is 32.2 Å². The number of hydrogen-bond acceptors (Lipinski definition) is 5. The lowest BCUT2D eigenvalue weighted by Gasteiger charge is -2.14. The molecule has 0 unspecified atom stereocenters. The highest BCUT2D eigenvalue weighted by molar-refractivity contribution is 7.12. The highest BCUT2D eigenvalue weighted by Crippen LogP contribution is 2.48. The third-order valence-corrected chi connectivity index (χ3v) is 4.94. The molecule has 0 radical (unpaired) electrons. The summed E-state index contributed by atoms with van der Waals surface area (Å²) in [5.41, 5.74) is 0.474. The molecule has 5 heteroatoms. The Morgan fingerprint density at radius 1 is 1.35 bits per heavy atom. The van der Waals surface area contributed by atoms with Gasteiger partial charge in [0.05, 0.1) is 13.5 Å². The van der Waals surface area contributed by atoms with Gasteiger partial charge in [0, 0.05) is 36.6 Å². The van der Waals surface area contributed by atoms with Crippen LogP contribution in [0.3, 0.4) is 0 Å². The molecule has 2 rings (SSSR count). The fraction of sp³-hybridized carbons (Fsp3) is 0.667. The summed E-state index contributed by atoms with van der Waals surface area (Å²) >= 11 is 1.68. The number of rotatable bonds is 9.